The molecule has 0 spiro atoms. The highest BCUT2D eigenvalue weighted by Gasteiger charge is 2.39. The number of carbonyl (C=O) groups is 1. The first-order chi connectivity index (χ1) is 12.3. The first kappa shape index (κ1) is 16.3. The van der Waals surface area contributed by atoms with Gasteiger partial charge in [0, 0.05) is 42.3 Å². The SMILES string of the molecule is CCN1CCC[C@@H]1[C@@H]1CCCN1C(=O)c1ccc(-n2ccnc2)cc1. The highest BCUT2D eigenvalue weighted by molar-refractivity contribution is 5.94. The number of carbonyl (C=O) groups excluding carboxylic acids is 1. The second-order valence-electron chi connectivity index (χ2n) is 7.06. The number of amides is 1. The Morgan fingerprint density at radius 2 is 1.88 bits per heavy atom. The van der Waals surface area contributed by atoms with Gasteiger partial charge in [-0.25, -0.2) is 4.98 Å². The first-order valence-corrected chi connectivity index (χ1v) is 9.41. The van der Waals surface area contributed by atoms with Crippen LogP contribution in [-0.4, -0.2) is 57.0 Å². The van der Waals surface area contributed by atoms with E-state index in [4.69, 9.17) is 0 Å². The molecule has 2 atom stereocenters. The zero-order valence-electron chi connectivity index (χ0n) is 14.8. The van der Waals surface area contributed by atoms with Gasteiger partial charge < -0.3 is 9.47 Å². The Morgan fingerprint density at radius 1 is 1.12 bits per heavy atom. The molecule has 2 aliphatic heterocycles. The van der Waals surface area contributed by atoms with Crippen molar-refractivity contribution in [1.29, 1.82) is 0 Å². The van der Waals surface area contributed by atoms with Crippen LogP contribution < -0.4 is 0 Å². The average Bonchev–Trinajstić information content (AvgIpc) is 3.41. The van der Waals surface area contributed by atoms with Crippen LogP contribution in [0, 0.1) is 0 Å². The minimum absolute atomic E-state index is 0.183. The summed E-state index contributed by atoms with van der Waals surface area (Å²) in [5, 5.41) is 0. The lowest BCUT2D eigenvalue weighted by molar-refractivity contribution is 0.0650. The Morgan fingerprint density at radius 3 is 2.60 bits per heavy atom. The van der Waals surface area contributed by atoms with Gasteiger partial charge in [-0.3, -0.25) is 9.69 Å². The Balaban J connectivity index is 1.51. The van der Waals surface area contributed by atoms with Crippen molar-refractivity contribution in [2.75, 3.05) is 19.6 Å². The van der Waals surface area contributed by atoms with E-state index in [1.807, 2.05) is 35.0 Å². The molecule has 1 aromatic heterocycles. The van der Waals surface area contributed by atoms with Crippen LogP contribution in [0.1, 0.15) is 43.0 Å². The number of rotatable bonds is 4. The fraction of sp³-hybridized carbons (Fsp3) is 0.500. The number of likely N-dealkylation sites (N-methyl/N-ethyl adjacent to an activating group) is 1. The van der Waals surface area contributed by atoms with Gasteiger partial charge in [-0.1, -0.05) is 6.92 Å². The van der Waals surface area contributed by atoms with Crippen LogP contribution in [0.15, 0.2) is 43.0 Å². The van der Waals surface area contributed by atoms with Gasteiger partial charge in [0.25, 0.3) is 5.91 Å². The lowest BCUT2D eigenvalue weighted by atomic mass is 10.0. The van der Waals surface area contributed by atoms with Crippen molar-refractivity contribution in [2.24, 2.45) is 0 Å². The monoisotopic (exact) mass is 338 g/mol. The summed E-state index contributed by atoms with van der Waals surface area (Å²) >= 11 is 0. The van der Waals surface area contributed by atoms with E-state index in [-0.39, 0.29) is 5.91 Å². The molecule has 2 fully saturated rings. The molecule has 1 amide bonds. The molecule has 2 saturated heterocycles. The third-order valence-corrected chi connectivity index (χ3v) is 5.74. The summed E-state index contributed by atoms with van der Waals surface area (Å²) in [6.07, 6.45) is 10.2. The number of imidazole rings is 1. The summed E-state index contributed by atoms with van der Waals surface area (Å²) in [4.78, 5) is 21.9. The number of likely N-dealkylation sites (tertiary alicyclic amines) is 2. The Kier molecular flexibility index (Phi) is 4.57. The van der Waals surface area contributed by atoms with Gasteiger partial charge in [-0.05, 0) is 63.0 Å². The summed E-state index contributed by atoms with van der Waals surface area (Å²) in [6.45, 7) is 5.39. The molecule has 0 unspecified atom stereocenters. The van der Waals surface area contributed by atoms with Crippen LogP contribution in [0.4, 0.5) is 0 Å². The van der Waals surface area contributed by atoms with Crippen molar-refractivity contribution in [3.63, 3.8) is 0 Å². The van der Waals surface area contributed by atoms with Gasteiger partial charge in [-0.2, -0.15) is 0 Å². The maximum atomic E-state index is 13.1. The Labute approximate surface area is 149 Å². The van der Waals surface area contributed by atoms with Crippen LogP contribution in [-0.2, 0) is 0 Å². The summed E-state index contributed by atoms with van der Waals surface area (Å²) < 4.78 is 1.95. The van der Waals surface area contributed by atoms with Crippen LogP contribution >= 0.6 is 0 Å². The van der Waals surface area contributed by atoms with E-state index < -0.39 is 0 Å². The highest BCUT2D eigenvalue weighted by Crippen LogP contribution is 2.31. The molecule has 0 aliphatic carbocycles. The third kappa shape index (κ3) is 3.09. The molecule has 0 N–H and O–H groups in total. The molecule has 132 valence electrons. The maximum absolute atomic E-state index is 13.1. The first-order valence-electron chi connectivity index (χ1n) is 9.41. The molecule has 1 aromatic carbocycles. The fourth-order valence-electron chi connectivity index (χ4n) is 4.48. The van der Waals surface area contributed by atoms with Gasteiger partial charge in [-0.15, -0.1) is 0 Å². The van der Waals surface area contributed by atoms with Crippen LogP contribution in [0.2, 0.25) is 0 Å². The number of hydrogen-bond acceptors (Lipinski definition) is 3. The Bertz CT molecular complexity index is 710. The molecule has 0 bridgehead atoms. The van der Waals surface area contributed by atoms with Crippen LogP contribution in [0.5, 0.6) is 0 Å². The summed E-state index contributed by atoms with van der Waals surface area (Å²) in [6, 6.07) is 8.80. The van der Waals surface area contributed by atoms with Gasteiger partial charge >= 0.3 is 0 Å². The lowest BCUT2D eigenvalue weighted by Crippen LogP contribution is -2.48. The van der Waals surface area contributed by atoms with Crippen molar-refractivity contribution < 1.29 is 4.79 Å². The standard InChI is InChI=1S/C20H26N4O/c1-2-22-12-3-5-18(22)19-6-4-13-24(19)20(25)16-7-9-17(10-8-16)23-14-11-21-15-23/h7-11,14-15,18-19H,2-6,12-13H2,1H3/t18-,19+/m1/s1. The van der Waals surface area contributed by atoms with Crippen molar-refractivity contribution in [1.82, 2.24) is 19.4 Å². The molecule has 2 aliphatic rings. The average molecular weight is 338 g/mol. The van der Waals surface area contributed by atoms with E-state index in [0.717, 1.165) is 37.2 Å². The lowest BCUT2D eigenvalue weighted by Gasteiger charge is -2.34. The van der Waals surface area contributed by atoms with Crippen molar-refractivity contribution in [3.05, 3.63) is 48.5 Å². The summed E-state index contributed by atoms with van der Waals surface area (Å²) in [5.41, 5.74) is 1.82. The van der Waals surface area contributed by atoms with Crippen LogP contribution in [0.25, 0.3) is 5.69 Å². The molecule has 5 nitrogen and oxygen atoms in total. The number of aromatic nitrogens is 2. The van der Waals surface area contributed by atoms with E-state index in [2.05, 4.69) is 21.7 Å². The normalized spacial score (nSPS) is 24.1. The minimum Gasteiger partial charge on any atom is -0.334 e. The summed E-state index contributed by atoms with van der Waals surface area (Å²) in [5.74, 6) is 0.183. The van der Waals surface area contributed by atoms with E-state index in [1.54, 1.807) is 12.5 Å². The Hall–Kier alpha value is -2.14. The minimum atomic E-state index is 0.183. The van der Waals surface area contributed by atoms with Gasteiger partial charge in [0.1, 0.15) is 0 Å². The second kappa shape index (κ2) is 7.00. The number of benzene rings is 1. The zero-order valence-corrected chi connectivity index (χ0v) is 14.8. The smallest absolute Gasteiger partial charge is 0.254 e. The van der Waals surface area contributed by atoms with Crippen molar-refractivity contribution >= 4 is 5.91 Å². The van der Waals surface area contributed by atoms with E-state index in [1.165, 1.54) is 19.4 Å². The number of hydrogen-bond donors (Lipinski definition) is 0. The second-order valence-corrected chi connectivity index (χ2v) is 7.06. The topological polar surface area (TPSA) is 41.4 Å². The highest BCUT2D eigenvalue weighted by atomic mass is 16.2. The van der Waals surface area contributed by atoms with Gasteiger partial charge in [0.05, 0.1) is 6.33 Å². The molecule has 0 saturated carbocycles. The molecular formula is C20H26N4O. The largest absolute Gasteiger partial charge is 0.334 e. The molecule has 3 heterocycles. The quantitative estimate of drug-likeness (QED) is 0.861. The van der Waals surface area contributed by atoms with Crippen molar-refractivity contribution in [2.45, 2.75) is 44.7 Å². The predicted molar refractivity (Wildman–Crippen MR) is 97.9 cm³/mol. The molecule has 25 heavy (non-hydrogen) atoms. The molecule has 5 heteroatoms. The maximum Gasteiger partial charge on any atom is 0.254 e. The number of nitrogens with zero attached hydrogens (tertiary/aromatic N) is 4. The van der Waals surface area contributed by atoms with Gasteiger partial charge in [0.15, 0.2) is 0 Å². The zero-order chi connectivity index (χ0) is 17.2. The molecule has 4 rings (SSSR count). The van der Waals surface area contributed by atoms with Crippen LogP contribution in [0.3, 0.4) is 0 Å². The van der Waals surface area contributed by atoms with E-state index >= 15 is 0 Å². The van der Waals surface area contributed by atoms with E-state index in [9.17, 15) is 4.79 Å². The summed E-state index contributed by atoms with van der Waals surface area (Å²) in [7, 11) is 0. The van der Waals surface area contributed by atoms with Gasteiger partial charge in [0.2, 0.25) is 0 Å². The molecule has 0 radical (unpaired) electrons. The fourth-order valence-corrected chi connectivity index (χ4v) is 4.48. The molecular weight excluding hydrogens is 312 g/mol. The molecule has 2 aromatic rings. The van der Waals surface area contributed by atoms with Crippen molar-refractivity contribution in [3.8, 4) is 5.69 Å². The predicted octanol–water partition coefficient (Wildman–Crippen LogP) is 2.96. The third-order valence-electron chi connectivity index (χ3n) is 5.74. The van der Waals surface area contributed by atoms with E-state index in [0.29, 0.717) is 12.1 Å².